The number of hydrogen-bond acceptors (Lipinski definition) is 2. The molecule has 1 fully saturated rings. The van der Waals surface area contributed by atoms with Crippen molar-refractivity contribution < 1.29 is 4.79 Å². The summed E-state index contributed by atoms with van der Waals surface area (Å²) in [6, 6.07) is 9.81. The van der Waals surface area contributed by atoms with Crippen LogP contribution in [0.5, 0.6) is 0 Å². The third-order valence-electron chi connectivity index (χ3n) is 4.48. The lowest BCUT2D eigenvalue weighted by atomic mass is 9.70. The van der Waals surface area contributed by atoms with E-state index in [4.69, 9.17) is 0 Å². The van der Waals surface area contributed by atoms with E-state index in [0.717, 1.165) is 42.1 Å². The summed E-state index contributed by atoms with van der Waals surface area (Å²) in [7, 11) is 0. The van der Waals surface area contributed by atoms with Gasteiger partial charge in [0.1, 0.15) is 5.92 Å². The second-order valence-corrected chi connectivity index (χ2v) is 7.48. The van der Waals surface area contributed by atoms with Crippen molar-refractivity contribution in [2.24, 2.45) is 11.3 Å². The van der Waals surface area contributed by atoms with Crippen LogP contribution in [0, 0.1) is 22.7 Å². The maximum absolute atomic E-state index is 13.1. The molecule has 2 rings (SSSR count). The molecule has 0 spiro atoms. The fourth-order valence-electron chi connectivity index (χ4n) is 3.63. The van der Waals surface area contributed by atoms with Crippen LogP contribution in [0.2, 0.25) is 0 Å². The van der Waals surface area contributed by atoms with Gasteiger partial charge in [-0.2, -0.15) is 5.26 Å². The van der Waals surface area contributed by atoms with E-state index in [2.05, 4.69) is 35.8 Å². The number of hydrogen-bond donors (Lipinski definition) is 0. The van der Waals surface area contributed by atoms with Gasteiger partial charge >= 0.3 is 0 Å². The maximum atomic E-state index is 13.1. The van der Waals surface area contributed by atoms with Crippen LogP contribution in [0.15, 0.2) is 28.7 Å². The molecule has 0 radical (unpaired) electrons. The van der Waals surface area contributed by atoms with Crippen LogP contribution >= 0.6 is 15.9 Å². The fourth-order valence-corrected chi connectivity index (χ4v) is 3.89. The largest absolute Gasteiger partial charge is 0.297 e. The first-order valence-corrected chi connectivity index (χ1v) is 8.47. The predicted molar refractivity (Wildman–Crippen MR) is 87.9 cm³/mol. The second kappa shape index (κ2) is 6.75. The van der Waals surface area contributed by atoms with Crippen molar-refractivity contribution in [1.29, 1.82) is 5.26 Å². The Hall–Kier alpha value is -1.14. The van der Waals surface area contributed by atoms with Crippen LogP contribution in [-0.2, 0) is 4.79 Å². The second-order valence-electron chi connectivity index (χ2n) is 6.56. The molecule has 1 unspecified atom stereocenters. The van der Waals surface area contributed by atoms with E-state index in [1.54, 1.807) is 0 Å². The summed E-state index contributed by atoms with van der Waals surface area (Å²) in [6.07, 6.45) is 5.01. The highest BCUT2D eigenvalue weighted by Gasteiger charge is 2.44. The first kappa shape index (κ1) is 16.2. The van der Waals surface area contributed by atoms with Crippen molar-refractivity contribution in [2.75, 3.05) is 0 Å². The van der Waals surface area contributed by atoms with Gasteiger partial charge in [-0.1, -0.05) is 54.8 Å². The number of Topliss-reactive ketones (excluding diaryl/α,β-unsaturated/α-hetero) is 1. The molecule has 1 saturated carbocycles. The number of halogens is 1. The molecule has 0 bridgehead atoms. The van der Waals surface area contributed by atoms with Gasteiger partial charge in [-0.15, -0.1) is 0 Å². The van der Waals surface area contributed by atoms with Crippen molar-refractivity contribution in [3.05, 3.63) is 34.3 Å². The molecule has 0 aliphatic heterocycles. The standard InChI is InChI=1S/C18H22BrNO/c1-13(2)11-18(9-3-4-10-18)17(21)16(12-20)14-5-7-15(19)8-6-14/h5-8,13,16H,3-4,9-11H2,1-2H3. The molecule has 1 aliphatic carbocycles. The molecule has 2 nitrogen and oxygen atoms in total. The Morgan fingerprint density at radius 1 is 1.29 bits per heavy atom. The van der Waals surface area contributed by atoms with Crippen molar-refractivity contribution in [1.82, 2.24) is 0 Å². The molecule has 1 atom stereocenters. The van der Waals surface area contributed by atoms with Crippen LogP contribution in [-0.4, -0.2) is 5.78 Å². The van der Waals surface area contributed by atoms with Crippen LogP contribution in [0.1, 0.15) is 57.4 Å². The van der Waals surface area contributed by atoms with Crippen LogP contribution in [0.25, 0.3) is 0 Å². The van der Waals surface area contributed by atoms with Crippen molar-refractivity contribution >= 4 is 21.7 Å². The summed E-state index contributed by atoms with van der Waals surface area (Å²) >= 11 is 3.40. The third-order valence-corrected chi connectivity index (χ3v) is 5.01. The van der Waals surface area contributed by atoms with E-state index < -0.39 is 5.92 Å². The number of ketones is 1. The first-order valence-electron chi connectivity index (χ1n) is 7.68. The molecule has 1 aliphatic rings. The first-order chi connectivity index (χ1) is 9.98. The molecule has 0 N–H and O–H groups in total. The van der Waals surface area contributed by atoms with E-state index in [1.807, 2.05) is 24.3 Å². The van der Waals surface area contributed by atoms with Gasteiger partial charge in [0.2, 0.25) is 0 Å². The van der Waals surface area contributed by atoms with Crippen molar-refractivity contribution in [3.8, 4) is 6.07 Å². The summed E-state index contributed by atoms with van der Waals surface area (Å²) in [5.41, 5.74) is 0.544. The van der Waals surface area contributed by atoms with Gasteiger partial charge in [-0.05, 0) is 42.9 Å². The molecule has 1 aromatic rings. The molecule has 1 aromatic carbocycles. The highest BCUT2D eigenvalue weighted by atomic mass is 79.9. The topological polar surface area (TPSA) is 40.9 Å². The molecular weight excluding hydrogens is 326 g/mol. The highest BCUT2D eigenvalue weighted by Crippen LogP contribution is 2.46. The van der Waals surface area contributed by atoms with Gasteiger partial charge in [0.25, 0.3) is 0 Å². The van der Waals surface area contributed by atoms with Crippen molar-refractivity contribution in [3.63, 3.8) is 0 Å². The van der Waals surface area contributed by atoms with Gasteiger partial charge in [0.05, 0.1) is 6.07 Å². The Morgan fingerprint density at radius 2 is 1.86 bits per heavy atom. The molecule has 112 valence electrons. The van der Waals surface area contributed by atoms with Gasteiger partial charge in [0.15, 0.2) is 5.78 Å². The van der Waals surface area contributed by atoms with Gasteiger partial charge < -0.3 is 0 Å². The zero-order chi connectivity index (χ0) is 15.5. The third kappa shape index (κ3) is 3.55. The van der Waals surface area contributed by atoms with E-state index in [-0.39, 0.29) is 11.2 Å². The lowest BCUT2D eigenvalue weighted by Gasteiger charge is -2.31. The van der Waals surface area contributed by atoms with E-state index in [0.29, 0.717) is 5.92 Å². The minimum Gasteiger partial charge on any atom is -0.297 e. The molecule has 0 saturated heterocycles. The lowest BCUT2D eigenvalue weighted by molar-refractivity contribution is -0.129. The summed E-state index contributed by atoms with van der Waals surface area (Å²) in [5.74, 6) is -0.00946. The SMILES string of the molecule is CC(C)CC1(C(=O)C(C#N)c2ccc(Br)cc2)CCCC1. The molecular formula is C18H22BrNO. The molecule has 0 amide bonds. The number of carbonyl (C=O) groups is 1. The van der Waals surface area contributed by atoms with Gasteiger partial charge in [-0.25, -0.2) is 0 Å². The number of rotatable bonds is 5. The molecule has 3 heteroatoms. The Kier molecular flexibility index (Phi) is 5.22. The Labute approximate surface area is 135 Å². The van der Waals surface area contributed by atoms with Crippen LogP contribution < -0.4 is 0 Å². The average Bonchev–Trinajstić information content (AvgIpc) is 2.90. The summed E-state index contributed by atoms with van der Waals surface area (Å²) in [5, 5.41) is 9.55. The molecule has 21 heavy (non-hydrogen) atoms. The minimum atomic E-state index is -0.630. The number of benzene rings is 1. The van der Waals surface area contributed by atoms with E-state index in [9.17, 15) is 10.1 Å². The van der Waals surface area contributed by atoms with Crippen molar-refractivity contribution in [2.45, 2.75) is 51.9 Å². The van der Waals surface area contributed by atoms with Crippen LogP contribution in [0.3, 0.4) is 0 Å². The summed E-state index contributed by atoms with van der Waals surface area (Å²) in [4.78, 5) is 13.1. The van der Waals surface area contributed by atoms with E-state index in [1.165, 1.54) is 0 Å². The average molecular weight is 348 g/mol. The smallest absolute Gasteiger partial charge is 0.160 e. The Balaban J connectivity index is 2.30. The number of nitrogens with zero attached hydrogens (tertiary/aromatic N) is 1. The highest BCUT2D eigenvalue weighted by molar-refractivity contribution is 9.10. The van der Waals surface area contributed by atoms with Gasteiger partial charge in [0, 0.05) is 9.89 Å². The molecule has 0 heterocycles. The normalized spacial score (nSPS) is 18.4. The van der Waals surface area contributed by atoms with E-state index >= 15 is 0 Å². The zero-order valence-corrected chi connectivity index (χ0v) is 14.3. The minimum absolute atomic E-state index is 0.138. The Morgan fingerprint density at radius 3 is 2.33 bits per heavy atom. The monoisotopic (exact) mass is 347 g/mol. The summed E-state index contributed by atoms with van der Waals surface area (Å²) < 4.78 is 0.966. The van der Waals surface area contributed by atoms with Crippen LogP contribution in [0.4, 0.5) is 0 Å². The molecule has 0 aromatic heterocycles. The lowest BCUT2D eigenvalue weighted by Crippen LogP contribution is -2.33. The van der Waals surface area contributed by atoms with Gasteiger partial charge in [-0.3, -0.25) is 4.79 Å². The fraction of sp³-hybridized carbons (Fsp3) is 0.556. The predicted octanol–water partition coefficient (Wildman–Crippen LogP) is 5.23. The number of nitriles is 1. The number of carbonyl (C=O) groups excluding carboxylic acids is 1. The summed E-state index contributed by atoms with van der Waals surface area (Å²) in [6.45, 7) is 4.32. The maximum Gasteiger partial charge on any atom is 0.160 e. The Bertz CT molecular complexity index is 535. The quantitative estimate of drug-likeness (QED) is 0.731. The zero-order valence-electron chi connectivity index (χ0n) is 12.7.